The maximum absolute atomic E-state index is 2.31. The molecule has 15 heavy (non-hydrogen) atoms. The maximum Gasteiger partial charge on any atom is 0.00616 e. The highest BCUT2D eigenvalue weighted by atomic mass is 14.2. The molecule has 0 fully saturated rings. The van der Waals surface area contributed by atoms with Crippen molar-refractivity contribution in [2.75, 3.05) is 0 Å². The van der Waals surface area contributed by atoms with Crippen LogP contribution in [-0.2, 0) is 0 Å². The first kappa shape index (κ1) is 8.72. The molecule has 3 aliphatic rings. The Kier molecular flexibility index (Phi) is 2.06. The van der Waals surface area contributed by atoms with Crippen LogP contribution in [0.25, 0.3) is 0 Å². The Morgan fingerprint density at radius 3 is 2.93 bits per heavy atom. The normalized spacial score (nSPS) is 27.2. The van der Waals surface area contributed by atoms with Crippen LogP contribution in [0.3, 0.4) is 0 Å². The summed E-state index contributed by atoms with van der Waals surface area (Å²) in [7, 11) is 0. The molecule has 0 saturated carbocycles. The van der Waals surface area contributed by atoms with Crippen molar-refractivity contribution in [3.05, 3.63) is 71.4 Å². The molecule has 0 aromatic rings. The summed E-state index contributed by atoms with van der Waals surface area (Å²) in [6.45, 7) is 0. The predicted octanol–water partition coefficient (Wildman–Crippen LogP) is 3.87. The van der Waals surface area contributed by atoms with Crippen molar-refractivity contribution in [3.63, 3.8) is 0 Å². The first-order valence-corrected chi connectivity index (χ1v) is 5.55. The molecule has 3 rings (SSSR count). The number of hydrogen-bond donors (Lipinski definition) is 0. The number of allylic oxidation sites excluding steroid dienone is 12. The topological polar surface area (TPSA) is 0 Å². The van der Waals surface area contributed by atoms with Gasteiger partial charge < -0.3 is 0 Å². The first-order valence-electron chi connectivity index (χ1n) is 5.55. The van der Waals surface area contributed by atoms with E-state index in [2.05, 4.69) is 54.7 Å². The van der Waals surface area contributed by atoms with Gasteiger partial charge in [-0.3, -0.25) is 0 Å². The Morgan fingerprint density at radius 1 is 0.933 bits per heavy atom. The second-order valence-electron chi connectivity index (χ2n) is 4.24. The molecule has 1 unspecified atom stereocenters. The van der Waals surface area contributed by atoms with E-state index in [0.29, 0.717) is 5.92 Å². The molecule has 0 aromatic carbocycles. The molecule has 0 nitrogen and oxygen atoms in total. The van der Waals surface area contributed by atoms with Crippen LogP contribution in [0.15, 0.2) is 71.4 Å². The van der Waals surface area contributed by atoms with Crippen molar-refractivity contribution in [1.82, 2.24) is 0 Å². The van der Waals surface area contributed by atoms with Gasteiger partial charge in [0.2, 0.25) is 0 Å². The van der Waals surface area contributed by atoms with Crippen molar-refractivity contribution in [3.8, 4) is 0 Å². The van der Waals surface area contributed by atoms with E-state index in [0.717, 1.165) is 12.8 Å². The third-order valence-corrected chi connectivity index (χ3v) is 3.27. The average molecular weight is 194 g/mol. The van der Waals surface area contributed by atoms with Crippen LogP contribution in [0.1, 0.15) is 12.8 Å². The van der Waals surface area contributed by atoms with E-state index in [1.807, 2.05) is 0 Å². The highest BCUT2D eigenvalue weighted by Gasteiger charge is 2.18. The molecule has 0 radical (unpaired) electrons. The van der Waals surface area contributed by atoms with Gasteiger partial charge in [0.15, 0.2) is 0 Å². The van der Waals surface area contributed by atoms with Gasteiger partial charge in [-0.25, -0.2) is 0 Å². The van der Waals surface area contributed by atoms with Crippen molar-refractivity contribution in [2.45, 2.75) is 12.8 Å². The minimum atomic E-state index is 0.585. The maximum atomic E-state index is 2.31. The van der Waals surface area contributed by atoms with E-state index in [-0.39, 0.29) is 0 Å². The van der Waals surface area contributed by atoms with Crippen LogP contribution >= 0.6 is 0 Å². The van der Waals surface area contributed by atoms with E-state index in [1.54, 1.807) is 0 Å². The lowest BCUT2D eigenvalue weighted by Crippen LogP contribution is -2.03. The quantitative estimate of drug-likeness (QED) is 0.549. The molecule has 0 amide bonds. The molecule has 0 spiro atoms. The summed E-state index contributed by atoms with van der Waals surface area (Å²) >= 11 is 0. The van der Waals surface area contributed by atoms with E-state index in [4.69, 9.17) is 0 Å². The second-order valence-corrected chi connectivity index (χ2v) is 4.24. The third kappa shape index (κ3) is 1.56. The molecule has 0 aliphatic heterocycles. The van der Waals surface area contributed by atoms with Crippen LogP contribution in [0, 0.1) is 5.92 Å². The zero-order chi connectivity index (χ0) is 10.1. The van der Waals surface area contributed by atoms with E-state index < -0.39 is 0 Å². The Balaban J connectivity index is 2.01. The molecule has 0 aromatic heterocycles. The molecule has 1 atom stereocenters. The Bertz CT molecular complexity index is 444. The van der Waals surface area contributed by atoms with Crippen LogP contribution in [0.2, 0.25) is 0 Å². The zero-order valence-corrected chi connectivity index (χ0v) is 8.69. The number of fused-ring (bicyclic) bond motifs is 2. The van der Waals surface area contributed by atoms with Crippen molar-refractivity contribution >= 4 is 0 Å². The summed E-state index contributed by atoms with van der Waals surface area (Å²) in [5.74, 6) is 0.585. The lowest BCUT2D eigenvalue weighted by atomic mass is 9.87. The van der Waals surface area contributed by atoms with Crippen LogP contribution in [-0.4, -0.2) is 0 Å². The monoisotopic (exact) mass is 194 g/mol. The number of rotatable bonds is 0. The summed E-state index contributed by atoms with van der Waals surface area (Å²) in [6.07, 6.45) is 22.3. The molecule has 0 bridgehead atoms. The minimum absolute atomic E-state index is 0.585. The lowest BCUT2D eigenvalue weighted by molar-refractivity contribution is 0.765. The van der Waals surface area contributed by atoms with Gasteiger partial charge in [-0.2, -0.15) is 0 Å². The molecular weight excluding hydrogens is 180 g/mol. The van der Waals surface area contributed by atoms with E-state index >= 15 is 0 Å². The standard InChI is InChI=1S/C15H14/c1-3-7-14-11-15-8-4-2-6-13(15)10-9-12(14)5-1/h1-5,7-10,14H,6,11H2. The first-order chi connectivity index (χ1) is 7.43. The summed E-state index contributed by atoms with van der Waals surface area (Å²) in [6, 6.07) is 0. The molecule has 0 saturated heterocycles. The van der Waals surface area contributed by atoms with E-state index in [9.17, 15) is 0 Å². The zero-order valence-electron chi connectivity index (χ0n) is 8.69. The summed E-state index contributed by atoms with van der Waals surface area (Å²) in [4.78, 5) is 0. The van der Waals surface area contributed by atoms with Crippen LogP contribution < -0.4 is 0 Å². The van der Waals surface area contributed by atoms with Crippen LogP contribution in [0.4, 0.5) is 0 Å². The van der Waals surface area contributed by atoms with Gasteiger partial charge in [0, 0.05) is 5.92 Å². The largest absolute Gasteiger partial charge is 0.0801 e. The van der Waals surface area contributed by atoms with Crippen molar-refractivity contribution in [2.24, 2.45) is 5.92 Å². The van der Waals surface area contributed by atoms with Crippen molar-refractivity contribution < 1.29 is 0 Å². The molecular formula is C15H14. The summed E-state index contributed by atoms with van der Waals surface area (Å²) in [5.41, 5.74) is 4.44. The Morgan fingerprint density at radius 2 is 1.93 bits per heavy atom. The molecule has 0 heteroatoms. The fourth-order valence-electron chi connectivity index (χ4n) is 2.39. The van der Waals surface area contributed by atoms with Gasteiger partial charge in [-0.15, -0.1) is 0 Å². The molecule has 0 heterocycles. The Labute approximate surface area is 90.7 Å². The van der Waals surface area contributed by atoms with Gasteiger partial charge in [-0.05, 0) is 29.6 Å². The fraction of sp³-hybridized carbons (Fsp3) is 0.200. The molecule has 74 valence electrons. The highest BCUT2D eigenvalue weighted by molar-refractivity contribution is 5.48. The third-order valence-electron chi connectivity index (χ3n) is 3.27. The SMILES string of the molecule is C1=CCC2=CC=C3C=CC=CC3CC2=C1. The summed E-state index contributed by atoms with van der Waals surface area (Å²) < 4.78 is 0. The minimum Gasteiger partial charge on any atom is -0.0801 e. The lowest BCUT2D eigenvalue weighted by Gasteiger charge is -2.18. The average Bonchev–Trinajstić information content (AvgIpc) is 2.48. The smallest absolute Gasteiger partial charge is 0.00616 e. The predicted molar refractivity (Wildman–Crippen MR) is 64.4 cm³/mol. The van der Waals surface area contributed by atoms with Gasteiger partial charge in [-0.1, -0.05) is 54.7 Å². The summed E-state index contributed by atoms with van der Waals surface area (Å²) in [5, 5.41) is 0. The van der Waals surface area contributed by atoms with Gasteiger partial charge in [0.25, 0.3) is 0 Å². The van der Waals surface area contributed by atoms with Crippen LogP contribution in [0.5, 0.6) is 0 Å². The molecule has 3 aliphatic carbocycles. The second kappa shape index (κ2) is 3.54. The Hall–Kier alpha value is -1.56. The van der Waals surface area contributed by atoms with Gasteiger partial charge in [0.05, 0.1) is 0 Å². The highest BCUT2D eigenvalue weighted by Crippen LogP contribution is 2.34. The van der Waals surface area contributed by atoms with Gasteiger partial charge >= 0.3 is 0 Å². The van der Waals surface area contributed by atoms with E-state index in [1.165, 1.54) is 16.7 Å². The fourth-order valence-corrected chi connectivity index (χ4v) is 2.39. The van der Waals surface area contributed by atoms with Crippen molar-refractivity contribution in [1.29, 1.82) is 0 Å². The number of hydrogen-bond acceptors (Lipinski definition) is 0. The van der Waals surface area contributed by atoms with Gasteiger partial charge in [0.1, 0.15) is 0 Å². The molecule has 0 N–H and O–H groups in total.